The van der Waals surface area contributed by atoms with Crippen molar-refractivity contribution < 1.29 is 17.0 Å². The van der Waals surface area contributed by atoms with Crippen LogP contribution in [0.4, 0.5) is 0 Å². The summed E-state index contributed by atoms with van der Waals surface area (Å²) in [4.78, 5) is 0. The quantitative estimate of drug-likeness (QED) is 0.410. The molecule has 0 bridgehead atoms. The molecule has 0 saturated carbocycles. The van der Waals surface area contributed by atoms with E-state index in [1.165, 1.54) is 78.6 Å². The second-order valence-corrected chi connectivity index (χ2v) is 8.75. The lowest BCUT2D eigenvalue weighted by Crippen LogP contribution is -3.00. The highest BCUT2D eigenvalue weighted by Crippen LogP contribution is 2.40. The van der Waals surface area contributed by atoms with Crippen molar-refractivity contribution >= 4 is 0 Å². The maximum absolute atomic E-state index is 2.67. The lowest BCUT2D eigenvalue weighted by molar-refractivity contribution is -0.694. The lowest BCUT2D eigenvalue weighted by atomic mass is 9.92. The predicted octanol–water partition coefficient (Wildman–Crippen LogP) is 3.13. The van der Waals surface area contributed by atoms with Gasteiger partial charge in [-0.05, 0) is 17.5 Å². The summed E-state index contributed by atoms with van der Waals surface area (Å²) in [5.74, 6) is 1.56. The van der Waals surface area contributed by atoms with Crippen LogP contribution in [0.25, 0.3) is 22.5 Å². The van der Waals surface area contributed by atoms with Gasteiger partial charge in [0, 0.05) is 30.4 Å². The van der Waals surface area contributed by atoms with E-state index in [0.29, 0.717) is 0 Å². The minimum atomic E-state index is 0. The number of aromatic nitrogens is 2. The van der Waals surface area contributed by atoms with Crippen molar-refractivity contribution in [1.29, 1.82) is 0 Å². The molecule has 30 heavy (non-hydrogen) atoms. The summed E-state index contributed by atoms with van der Waals surface area (Å²) in [6, 6.07) is 18.1. The number of hydrogen-bond donors (Lipinski definition) is 0. The molecular formula is C27H33ClN2. The van der Waals surface area contributed by atoms with Gasteiger partial charge in [0.05, 0.1) is 13.1 Å². The van der Waals surface area contributed by atoms with E-state index in [1.807, 2.05) is 0 Å². The SMILES string of the molecule is CCCCCCCCc1n2c(c3[n+]1CCc1ccccc1-3)-c1ccccc1CC2.[Cl-]. The Kier molecular flexibility index (Phi) is 6.63. The monoisotopic (exact) mass is 420 g/mol. The van der Waals surface area contributed by atoms with Crippen molar-refractivity contribution in [2.45, 2.75) is 77.8 Å². The first-order chi connectivity index (χ1) is 14.4. The molecule has 0 N–H and O–H groups in total. The maximum Gasteiger partial charge on any atom is 0.257 e. The van der Waals surface area contributed by atoms with Crippen molar-refractivity contribution in [2.75, 3.05) is 0 Å². The van der Waals surface area contributed by atoms with Gasteiger partial charge in [0.1, 0.15) is 0 Å². The standard InChI is InChI=1S/C27H33N2.ClH/c1-2-3-4-5-6-7-16-25-28-19-17-21-12-8-10-14-23(21)26(28)27-24-15-11-9-13-22(24)18-20-29(25)27;/h8-15H,2-7,16-20H2,1H3;1H/q+1;/p-1. The van der Waals surface area contributed by atoms with E-state index in [2.05, 4.69) is 64.6 Å². The number of hydrogen-bond acceptors (Lipinski definition) is 0. The molecule has 158 valence electrons. The predicted molar refractivity (Wildman–Crippen MR) is 120 cm³/mol. The molecule has 2 aliphatic heterocycles. The van der Waals surface area contributed by atoms with Crippen molar-refractivity contribution in [2.24, 2.45) is 0 Å². The number of aryl methyl sites for hydroxylation is 2. The first kappa shape index (κ1) is 21.2. The number of unbranched alkanes of at least 4 members (excludes halogenated alkanes) is 5. The van der Waals surface area contributed by atoms with Crippen LogP contribution in [0.2, 0.25) is 0 Å². The van der Waals surface area contributed by atoms with Crippen LogP contribution < -0.4 is 17.0 Å². The number of halogens is 1. The topological polar surface area (TPSA) is 8.81 Å². The highest BCUT2D eigenvalue weighted by atomic mass is 35.5. The largest absolute Gasteiger partial charge is 1.00 e. The molecule has 0 radical (unpaired) electrons. The molecule has 3 heterocycles. The summed E-state index contributed by atoms with van der Waals surface area (Å²) in [6.07, 6.45) is 11.7. The Labute approximate surface area is 187 Å². The fraction of sp³-hybridized carbons (Fsp3) is 0.444. The summed E-state index contributed by atoms with van der Waals surface area (Å²) in [5, 5.41) is 0. The van der Waals surface area contributed by atoms with Crippen LogP contribution in [0.1, 0.15) is 62.4 Å². The van der Waals surface area contributed by atoms with Gasteiger partial charge in [0.15, 0.2) is 11.4 Å². The number of fused-ring (bicyclic) bond motifs is 7. The molecule has 2 nitrogen and oxygen atoms in total. The molecule has 0 fully saturated rings. The van der Waals surface area contributed by atoms with Gasteiger partial charge in [-0.2, -0.15) is 0 Å². The van der Waals surface area contributed by atoms with Gasteiger partial charge in [-0.15, -0.1) is 0 Å². The molecule has 0 unspecified atom stereocenters. The zero-order valence-corrected chi connectivity index (χ0v) is 18.9. The molecule has 0 atom stereocenters. The van der Waals surface area contributed by atoms with Crippen LogP contribution in [-0.4, -0.2) is 4.57 Å². The van der Waals surface area contributed by atoms with Gasteiger partial charge >= 0.3 is 0 Å². The highest BCUT2D eigenvalue weighted by Gasteiger charge is 2.37. The van der Waals surface area contributed by atoms with Gasteiger partial charge in [-0.25, -0.2) is 9.13 Å². The van der Waals surface area contributed by atoms with Crippen LogP contribution in [0.15, 0.2) is 48.5 Å². The second-order valence-electron chi connectivity index (χ2n) is 8.75. The normalized spacial score (nSPS) is 13.6. The Balaban J connectivity index is 0.00000218. The third kappa shape index (κ3) is 3.71. The lowest BCUT2D eigenvalue weighted by Gasteiger charge is -2.17. The van der Waals surface area contributed by atoms with Gasteiger partial charge in [0.2, 0.25) is 0 Å². The minimum Gasteiger partial charge on any atom is -1.00 e. The smallest absolute Gasteiger partial charge is 0.257 e. The van der Waals surface area contributed by atoms with Gasteiger partial charge in [0.25, 0.3) is 5.82 Å². The molecule has 0 spiro atoms. The Morgan fingerprint density at radius 3 is 2.27 bits per heavy atom. The first-order valence-electron chi connectivity index (χ1n) is 11.7. The average Bonchev–Trinajstić information content (AvgIpc) is 3.10. The van der Waals surface area contributed by atoms with Crippen molar-refractivity contribution in [1.82, 2.24) is 4.57 Å². The molecular weight excluding hydrogens is 388 g/mol. The van der Waals surface area contributed by atoms with Crippen molar-refractivity contribution in [3.63, 3.8) is 0 Å². The molecule has 5 rings (SSSR count). The van der Waals surface area contributed by atoms with E-state index in [1.54, 1.807) is 5.82 Å². The van der Waals surface area contributed by atoms with Crippen molar-refractivity contribution in [3.8, 4) is 22.5 Å². The molecule has 3 heteroatoms. The fourth-order valence-corrected chi connectivity index (χ4v) is 5.42. The van der Waals surface area contributed by atoms with E-state index in [-0.39, 0.29) is 12.4 Å². The minimum absolute atomic E-state index is 0. The molecule has 0 amide bonds. The summed E-state index contributed by atoms with van der Waals surface area (Å²) in [7, 11) is 0. The van der Waals surface area contributed by atoms with Crippen molar-refractivity contribution in [3.05, 3.63) is 65.5 Å². The summed E-state index contributed by atoms with van der Waals surface area (Å²) in [5.41, 5.74) is 8.87. The van der Waals surface area contributed by atoms with E-state index >= 15 is 0 Å². The van der Waals surface area contributed by atoms with Gasteiger partial charge in [-0.3, -0.25) is 0 Å². The Morgan fingerprint density at radius 1 is 0.800 bits per heavy atom. The molecule has 0 aliphatic carbocycles. The van der Waals surface area contributed by atoms with Gasteiger partial charge < -0.3 is 12.4 Å². The molecule has 2 aromatic carbocycles. The zero-order chi connectivity index (χ0) is 19.6. The number of imidazole rings is 1. The zero-order valence-electron chi connectivity index (χ0n) is 18.2. The van der Waals surface area contributed by atoms with E-state index in [9.17, 15) is 0 Å². The second kappa shape index (κ2) is 9.39. The molecule has 2 aliphatic rings. The van der Waals surface area contributed by atoms with Crippen LogP contribution in [0.3, 0.4) is 0 Å². The number of benzene rings is 2. The highest BCUT2D eigenvalue weighted by molar-refractivity contribution is 5.81. The van der Waals surface area contributed by atoms with E-state index in [4.69, 9.17) is 0 Å². The fourth-order valence-electron chi connectivity index (χ4n) is 5.42. The number of rotatable bonds is 7. The Bertz CT molecular complexity index is 945. The third-order valence-corrected chi connectivity index (χ3v) is 6.90. The summed E-state index contributed by atoms with van der Waals surface area (Å²) in [6.45, 7) is 4.55. The maximum atomic E-state index is 2.67. The van der Waals surface area contributed by atoms with Crippen LogP contribution >= 0.6 is 0 Å². The number of nitrogens with zero attached hydrogens (tertiary/aromatic N) is 2. The average molecular weight is 421 g/mol. The summed E-state index contributed by atoms with van der Waals surface area (Å²) < 4.78 is 5.34. The molecule has 3 aromatic rings. The van der Waals surface area contributed by atoms with Crippen LogP contribution in [0, 0.1) is 0 Å². The van der Waals surface area contributed by atoms with Crippen LogP contribution in [-0.2, 0) is 32.4 Å². The Hall–Kier alpha value is -2.06. The molecule has 1 aromatic heterocycles. The van der Waals surface area contributed by atoms with Gasteiger partial charge in [-0.1, -0.05) is 87.6 Å². The molecule has 0 saturated heterocycles. The Morgan fingerprint density at radius 2 is 1.47 bits per heavy atom. The van der Waals surface area contributed by atoms with Crippen LogP contribution in [0.5, 0.6) is 0 Å². The first-order valence-corrected chi connectivity index (χ1v) is 11.7. The third-order valence-electron chi connectivity index (χ3n) is 6.90. The van der Waals surface area contributed by atoms with E-state index in [0.717, 1.165) is 25.9 Å². The summed E-state index contributed by atoms with van der Waals surface area (Å²) >= 11 is 0. The van der Waals surface area contributed by atoms with E-state index < -0.39 is 0 Å².